The molecule has 0 amide bonds. The molecule has 1 aromatic heterocycles. The van der Waals surface area contributed by atoms with E-state index < -0.39 is 25.4 Å². The maximum atomic E-state index is 12.3. The molecule has 1 atom stereocenters. The van der Waals surface area contributed by atoms with Crippen molar-refractivity contribution in [3.05, 3.63) is 18.0 Å². The highest BCUT2D eigenvalue weighted by Gasteiger charge is 2.41. The third-order valence-corrected chi connectivity index (χ3v) is 7.00. The maximum Gasteiger partial charge on any atom is 0.242 e. The predicted octanol–water partition coefficient (Wildman–Crippen LogP) is -0.0203. The highest BCUT2D eigenvalue weighted by Crippen LogP contribution is 2.25. The number of aromatic nitrogens is 1. The van der Waals surface area contributed by atoms with Gasteiger partial charge in [-0.05, 0) is 26.0 Å². The molecule has 1 aliphatic heterocycles. The lowest BCUT2D eigenvalue weighted by molar-refractivity contribution is 0.462. The van der Waals surface area contributed by atoms with Crippen molar-refractivity contribution in [1.29, 1.82) is 0 Å². The molecule has 21 heavy (non-hydrogen) atoms. The molecule has 1 saturated heterocycles. The van der Waals surface area contributed by atoms with Crippen LogP contribution >= 0.6 is 0 Å². The van der Waals surface area contributed by atoms with Crippen LogP contribution in [0.4, 0.5) is 0 Å². The van der Waals surface area contributed by atoms with Gasteiger partial charge >= 0.3 is 0 Å². The Labute approximate surface area is 125 Å². The predicted molar refractivity (Wildman–Crippen MR) is 80.2 cm³/mol. The highest BCUT2D eigenvalue weighted by molar-refractivity contribution is 7.92. The second kappa shape index (κ2) is 5.71. The van der Waals surface area contributed by atoms with Gasteiger partial charge in [-0.15, -0.1) is 0 Å². The fourth-order valence-electron chi connectivity index (χ4n) is 2.41. The van der Waals surface area contributed by atoms with Crippen LogP contribution in [0.2, 0.25) is 0 Å². The topological polar surface area (TPSA) is 108 Å². The number of hydrogen-bond donors (Lipinski definition) is 3. The second-order valence-electron chi connectivity index (χ2n) is 5.65. The average Bonchev–Trinajstić information content (AvgIpc) is 2.91. The fraction of sp³-hybridized carbons (Fsp3) is 0.667. The van der Waals surface area contributed by atoms with Crippen molar-refractivity contribution in [1.82, 2.24) is 15.0 Å². The Kier molecular flexibility index (Phi) is 4.48. The Morgan fingerprint density at radius 3 is 2.71 bits per heavy atom. The van der Waals surface area contributed by atoms with Gasteiger partial charge in [-0.3, -0.25) is 0 Å². The number of sulfone groups is 1. The molecule has 9 heteroatoms. The van der Waals surface area contributed by atoms with E-state index in [0.717, 1.165) is 12.2 Å². The molecule has 3 N–H and O–H groups in total. The van der Waals surface area contributed by atoms with Crippen molar-refractivity contribution in [3.8, 4) is 0 Å². The van der Waals surface area contributed by atoms with E-state index in [0.29, 0.717) is 13.0 Å². The summed E-state index contributed by atoms with van der Waals surface area (Å²) in [4.78, 5) is 3.03. The number of hydrogen-bond acceptors (Lipinski definition) is 5. The van der Waals surface area contributed by atoms with Gasteiger partial charge in [0.1, 0.15) is 0 Å². The number of H-pyrrole nitrogens is 1. The smallest absolute Gasteiger partial charge is 0.242 e. The molecule has 1 aliphatic rings. The Morgan fingerprint density at radius 1 is 1.43 bits per heavy atom. The molecule has 0 bridgehead atoms. The van der Waals surface area contributed by atoms with Crippen molar-refractivity contribution < 1.29 is 16.8 Å². The molecule has 2 rings (SSSR count). The lowest BCUT2D eigenvalue weighted by Gasteiger charge is -2.23. The maximum absolute atomic E-state index is 12.3. The van der Waals surface area contributed by atoms with Crippen LogP contribution in [0.3, 0.4) is 0 Å². The summed E-state index contributed by atoms with van der Waals surface area (Å²) >= 11 is 0. The van der Waals surface area contributed by atoms with E-state index in [1.165, 1.54) is 6.20 Å². The number of rotatable bonds is 6. The van der Waals surface area contributed by atoms with Crippen LogP contribution in [0.25, 0.3) is 0 Å². The fourth-order valence-corrected chi connectivity index (χ4v) is 6.05. The minimum Gasteiger partial charge on any atom is -0.363 e. The van der Waals surface area contributed by atoms with Gasteiger partial charge in [-0.2, -0.15) is 0 Å². The first-order valence-corrected chi connectivity index (χ1v) is 10.1. The summed E-state index contributed by atoms with van der Waals surface area (Å²) in [5.74, 6) is -0.140. The summed E-state index contributed by atoms with van der Waals surface area (Å²) in [6.07, 6.45) is 1.71. The quantitative estimate of drug-likeness (QED) is 0.677. The number of aromatic amines is 1. The van der Waals surface area contributed by atoms with Crippen molar-refractivity contribution in [2.45, 2.75) is 37.2 Å². The van der Waals surface area contributed by atoms with Crippen LogP contribution in [0.15, 0.2) is 17.2 Å². The molecule has 1 aromatic rings. The molecule has 0 aliphatic carbocycles. The Hall–Kier alpha value is -0.900. The van der Waals surface area contributed by atoms with Crippen LogP contribution in [-0.4, -0.2) is 45.4 Å². The summed E-state index contributed by atoms with van der Waals surface area (Å²) in [5, 5.41) is 3.09. The zero-order valence-corrected chi connectivity index (χ0v) is 13.8. The zero-order chi connectivity index (χ0) is 15.7. The first-order valence-electron chi connectivity index (χ1n) is 6.78. The number of nitrogens with one attached hydrogen (secondary N) is 3. The Bertz CT molecular complexity index is 709. The lowest BCUT2D eigenvalue weighted by Crippen LogP contribution is -2.46. The van der Waals surface area contributed by atoms with Crippen LogP contribution in [0.5, 0.6) is 0 Å². The monoisotopic (exact) mass is 335 g/mol. The normalized spacial score (nSPS) is 25.2. The summed E-state index contributed by atoms with van der Waals surface area (Å²) in [6, 6.07) is 1.55. The molecular weight excluding hydrogens is 314 g/mol. The molecule has 2 heterocycles. The Balaban J connectivity index is 2.13. The lowest BCUT2D eigenvalue weighted by atomic mass is 10.0. The van der Waals surface area contributed by atoms with E-state index in [1.54, 1.807) is 13.0 Å². The van der Waals surface area contributed by atoms with Gasteiger partial charge in [0, 0.05) is 24.0 Å². The minimum absolute atomic E-state index is 0.0187. The summed E-state index contributed by atoms with van der Waals surface area (Å²) in [6.45, 7) is 4.93. The zero-order valence-electron chi connectivity index (χ0n) is 12.1. The SMILES string of the molecule is CCNCc1cc(S(=O)(=O)NC2(C)CCS(=O)(=O)C2)c[nH]1. The van der Waals surface area contributed by atoms with Crippen molar-refractivity contribution in [3.63, 3.8) is 0 Å². The van der Waals surface area contributed by atoms with Crippen LogP contribution in [0.1, 0.15) is 26.0 Å². The molecule has 7 nitrogen and oxygen atoms in total. The first kappa shape index (κ1) is 16.5. The van der Waals surface area contributed by atoms with E-state index in [2.05, 4.69) is 15.0 Å². The molecule has 1 fully saturated rings. The minimum atomic E-state index is -3.73. The van der Waals surface area contributed by atoms with E-state index in [1.807, 2.05) is 6.92 Å². The largest absolute Gasteiger partial charge is 0.363 e. The number of sulfonamides is 1. The van der Waals surface area contributed by atoms with E-state index >= 15 is 0 Å². The van der Waals surface area contributed by atoms with Crippen molar-refractivity contribution in [2.24, 2.45) is 0 Å². The van der Waals surface area contributed by atoms with Gasteiger partial charge in [-0.25, -0.2) is 21.6 Å². The van der Waals surface area contributed by atoms with E-state index in [9.17, 15) is 16.8 Å². The third kappa shape index (κ3) is 4.06. The van der Waals surface area contributed by atoms with Gasteiger partial charge in [0.25, 0.3) is 0 Å². The first-order chi connectivity index (χ1) is 9.66. The van der Waals surface area contributed by atoms with E-state index in [4.69, 9.17) is 0 Å². The van der Waals surface area contributed by atoms with E-state index in [-0.39, 0.29) is 16.4 Å². The van der Waals surface area contributed by atoms with Gasteiger partial charge in [0.15, 0.2) is 9.84 Å². The summed E-state index contributed by atoms with van der Waals surface area (Å²) in [5.41, 5.74) is -0.169. The molecular formula is C12H21N3O4S2. The third-order valence-electron chi connectivity index (χ3n) is 3.48. The average molecular weight is 335 g/mol. The molecule has 120 valence electrons. The molecule has 1 unspecified atom stereocenters. The van der Waals surface area contributed by atoms with Gasteiger partial charge < -0.3 is 10.3 Å². The highest BCUT2D eigenvalue weighted by atomic mass is 32.2. The molecule has 0 saturated carbocycles. The summed E-state index contributed by atoms with van der Waals surface area (Å²) in [7, 11) is -6.89. The van der Waals surface area contributed by atoms with Gasteiger partial charge in [-0.1, -0.05) is 6.92 Å². The van der Waals surface area contributed by atoms with Crippen molar-refractivity contribution >= 4 is 19.9 Å². The van der Waals surface area contributed by atoms with Crippen LogP contribution in [-0.2, 0) is 26.4 Å². The van der Waals surface area contributed by atoms with Crippen molar-refractivity contribution in [2.75, 3.05) is 18.1 Å². The van der Waals surface area contributed by atoms with Gasteiger partial charge in [0.05, 0.1) is 16.4 Å². The van der Waals surface area contributed by atoms with Crippen LogP contribution in [0, 0.1) is 0 Å². The van der Waals surface area contributed by atoms with Crippen LogP contribution < -0.4 is 10.0 Å². The standard InChI is InChI=1S/C12H21N3O4S2/c1-3-13-7-10-6-11(8-14-10)21(18,19)15-12(2)4-5-20(16,17)9-12/h6,8,13-15H,3-5,7,9H2,1-2H3. The summed E-state index contributed by atoms with van der Waals surface area (Å²) < 4.78 is 50.3. The molecule has 0 aromatic carbocycles. The Morgan fingerprint density at radius 2 is 2.14 bits per heavy atom. The molecule has 0 spiro atoms. The molecule has 0 radical (unpaired) electrons. The van der Waals surface area contributed by atoms with Gasteiger partial charge in [0.2, 0.25) is 10.0 Å². The second-order valence-corrected chi connectivity index (χ2v) is 9.52.